The summed E-state index contributed by atoms with van der Waals surface area (Å²) in [5.74, 6) is 0.693. The standard InChI is InChI=1S/C16H23N3O3S/c1-16(2,3)15-14(11-19(4)18-15)23(20,21)17-10-12-7-6-8-13(9-12)22-5/h6-9,11,17H,10H2,1-5H3. The van der Waals surface area contributed by atoms with Crippen LogP contribution in [0.3, 0.4) is 0 Å². The van der Waals surface area contributed by atoms with Gasteiger partial charge in [0.25, 0.3) is 0 Å². The van der Waals surface area contributed by atoms with Crippen molar-refractivity contribution in [2.75, 3.05) is 7.11 Å². The maximum Gasteiger partial charge on any atom is 0.244 e. The van der Waals surface area contributed by atoms with Gasteiger partial charge in [-0.1, -0.05) is 32.9 Å². The van der Waals surface area contributed by atoms with Crippen molar-refractivity contribution >= 4 is 10.0 Å². The SMILES string of the molecule is COc1cccc(CNS(=O)(=O)c2cn(C)nc2C(C)(C)C)c1. The van der Waals surface area contributed by atoms with Crippen LogP contribution in [-0.4, -0.2) is 25.3 Å². The molecule has 6 nitrogen and oxygen atoms in total. The van der Waals surface area contributed by atoms with Gasteiger partial charge in [0.1, 0.15) is 10.6 Å². The van der Waals surface area contributed by atoms with Gasteiger partial charge in [0.2, 0.25) is 10.0 Å². The molecule has 0 saturated carbocycles. The number of aryl methyl sites for hydroxylation is 1. The van der Waals surface area contributed by atoms with E-state index in [9.17, 15) is 8.42 Å². The number of methoxy groups -OCH3 is 1. The second-order valence-corrected chi connectivity index (χ2v) is 8.18. The van der Waals surface area contributed by atoms with E-state index in [0.29, 0.717) is 11.4 Å². The van der Waals surface area contributed by atoms with E-state index in [-0.39, 0.29) is 16.9 Å². The quantitative estimate of drug-likeness (QED) is 0.908. The Hall–Kier alpha value is -1.86. The molecule has 0 fully saturated rings. The van der Waals surface area contributed by atoms with Crippen LogP contribution in [0.1, 0.15) is 32.0 Å². The molecule has 0 bridgehead atoms. The lowest BCUT2D eigenvalue weighted by Crippen LogP contribution is -2.26. The number of hydrogen-bond acceptors (Lipinski definition) is 4. The van der Waals surface area contributed by atoms with E-state index in [2.05, 4.69) is 9.82 Å². The van der Waals surface area contributed by atoms with Crippen molar-refractivity contribution in [3.8, 4) is 5.75 Å². The molecule has 0 aliphatic carbocycles. The molecule has 0 radical (unpaired) electrons. The zero-order chi connectivity index (χ0) is 17.3. The van der Waals surface area contributed by atoms with E-state index in [0.717, 1.165) is 5.56 Å². The van der Waals surface area contributed by atoms with Gasteiger partial charge in [-0.2, -0.15) is 5.10 Å². The number of sulfonamides is 1. The lowest BCUT2D eigenvalue weighted by atomic mass is 9.92. The smallest absolute Gasteiger partial charge is 0.244 e. The molecule has 126 valence electrons. The van der Waals surface area contributed by atoms with Crippen molar-refractivity contribution in [2.45, 2.75) is 37.6 Å². The van der Waals surface area contributed by atoms with Crippen LogP contribution in [-0.2, 0) is 29.0 Å². The second-order valence-electron chi connectivity index (χ2n) is 6.44. The fourth-order valence-electron chi connectivity index (χ4n) is 2.22. The molecule has 1 aromatic heterocycles. The summed E-state index contributed by atoms with van der Waals surface area (Å²) in [7, 11) is -0.349. The maximum absolute atomic E-state index is 12.6. The maximum atomic E-state index is 12.6. The van der Waals surface area contributed by atoms with Gasteiger partial charge in [-0.05, 0) is 17.7 Å². The van der Waals surface area contributed by atoms with Crippen LogP contribution in [0.25, 0.3) is 0 Å². The summed E-state index contributed by atoms with van der Waals surface area (Å²) in [4.78, 5) is 0.218. The van der Waals surface area contributed by atoms with E-state index in [1.165, 1.54) is 10.9 Å². The van der Waals surface area contributed by atoms with E-state index in [1.807, 2.05) is 39.0 Å². The molecule has 7 heteroatoms. The number of aromatic nitrogens is 2. The molecule has 1 N–H and O–H groups in total. The Kier molecular flexibility index (Phi) is 4.81. The number of nitrogens with zero attached hydrogens (tertiary/aromatic N) is 2. The van der Waals surface area contributed by atoms with Gasteiger partial charge in [-0.3, -0.25) is 4.68 Å². The second kappa shape index (κ2) is 6.33. The summed E-state index contributed by atoms with van der Waals surface area (Å²) in [6, 6.07) is 7.29. The highest BCUT2D eigenvalue weighted by Crippen LogP contribution is 2.27. The van der Waals surface area contributed by atoms with Crippen LogP contribution in [0.2, 0.25) is 0 Å². The highest BCUT2D eigenvalue weighted by molar-refractivity contribution is 7.89. The minimum absolute atomic E-state index is 0.192. The summed E-state index contributed by atoms with van der Waals surface area (Å²) >= 11 is 0. The van der Waals surface area contributed by atoms with E-state index < -0.39 is 10.0 Å². The van der Waals surface area contributed by atoms with E-state index in [4.69, 9.17) is 4.74 Å². The third-order valence-electron chi connectivity index (χ3n) is 3.40. The molecule has 1 aromatic carbocycles. The molecule has 1 heterocycles. The van der Waals surface area contributed by atoms with Gasteiger partial charge < -0.3 is 4.74 Å². The van der Waals surface area contributed by atoms with Crippen molar-refractivity contribution in [1.82, 2.24) is 14.5 Å². The Morgan fingerprint density at radius 2 is 2.00 bits per heavy atom. The number of nitrogens with one attached hydrogen (secondary N) is 1. The van der Waals surface area contributed by atoms with Gasteiger partial charge in [-0.15, -0.1) is 0 Å². The molecule has 0 saturated heterocycles. The van der Waals surface area contributed by atoms with Crippen molar-refractivity contribution in [2.24, 2.45) is 7.05 Å². The Morgan fingerprint density at radius 1 is 1.30 bits per heavy atom. The largest absolute Gasteiger partial charge is 0.497 e. The average Bonchev–Trinajstić information content (AvgIpc) is 2.89. The summed E-state index contributed by atoms with van der Waals surface area (Å²) in [6.07, 6.45) is 1.54. The van der Waals surface area contributed by atoms with Gasteiger partial charge in [-0.25, -0.2) is 13.1 Å². The van der Waals surface area contributed by atoms with Crippen molar-refractivity contribution in [3.05, 3.63) is 41.7 Å². The molecule has 0 amide bonds. The molecule has 0 unspecified atom stereocenters. The molecule has 2 rings (SSSR count). The Morgan fingerprint density at radius 3 is 2.61 bits per heavy atom. The highest BCUT2D eigenvalue weighted by Gasteiger charge is 2.29. The number of rotatable bonds is 5. The Labute approximate surface area is 137 Å². The van der Waals surface area contributed by atoms with Crippen molar-refractivity contribution in [3.63, 3.8) is 0 Å². The lowest BCUT2D eigenvalue weighted by Gasteiger charge is -2.17. The van der Waals surface area contributed by atoms with Crippen LogP contribution in [0.15, 0.2) is 35.4 Å². The van der Waals surface area contributed by atoms with Gasteiger partial charge in [0.15, 0.2) is 0 Å². The summed E-state index contributed by atoms with van der Waals surface area (Å²) in [5, 5.41) is 4.31. The lowest BCUT2D eigenvalue weighted by molar-refractivity contribution is 0.414. The van der Waals surface area contributed by atoms with Crippen LogP contribution < -0.4 is 9.46 Å². The number of ether oxygens (including phenoxy) is 1. The third kappa shape index (κ3) is 4.11. The van der Waals surface area contributed by atoms with Crippen molar-refractivity contribution < 1.29 is 13.2 Å². The predicted octanol–water partition coefficient (Wildman–Crippen LogP) is 2.20. The summed E-state index contributed by atoms with van der Waals surface area (Å²) < 4.78 is 34.6. The van der Waals surface area contributed by atoms with Gasteiger partial charge in [0.05, 0.1) is 12.8 Å². The molecule has 0 aliphatic rings. The first-order chi connectivity index (χ1) is 10.6. The molecule has 0 aliphatic heterocycles. The number of hydrogen-bond donors (Lipinski definition) is 1. The predicted molar refractivity (Wildman–Crippen MR) is 88.9 cm³/mol. The summed E-state index contributed by atoms with van der Waals surface area (Å²) in [6.45, 7) is 6.02. The molecule has 2 aromatic rings. The topological polar surface area (TPSA) is 73.2 Å². The highest BCUT2D eigenvalue weighted by atomic mass is 32.2. The zero-order valence-corrected chi connectivity index (χ0v) is 14.9. The Balaban J connectivity index is 2.26. The van der Waals surface area contributed by atoms with Gasteiger partial charge >= 0.3 is 0 Å². The minimum atomic E-state index is -3.65. The third-order valence-corrected chi connectivity index (χ3v) is 4.80. The van der Waals surface area contributed by atoms with Crippen LogP contribution in [0.4, 0.5) is 0 Å². The summed E-state index contributed by atoms with van der Waals surface area (Å²) in [5.41, 5.74) is 1.02. The van der Waals surface area contributed by atoms with Gasteiger partial charge in [0, 0.05) is 25.2 Å². The molecular weight excluding hydrogens is 314 g/mol. The molecule has 0 atom stereocenters. The first-order valence-electron chi connectivity index (χ1n) is 7.30. The van der Waals surface area contributed by atoms with E-state index >= 15 is 0 Å². The zero-order valence-electron chi connectivity index (χ0n) is 14.1. The van der Waals surface area contributed by atoms with Crippen LogP contribution in [0, 0.1) is 0 Å². The normalized spacial score (nSPS) is 12.4. The first kappa shape index (κ1) is 17.5. The van der Waals surface area contributed by atoms with Crippen LogP contribution in [0.5, 0.6) is 5.75 Å². The van der Waals surface area contributed by atoms with Crippen LogP contribution >= 0.6 is 0 Å². The molecule has 23 heavy (non-hydrogen) atoms. The fourth-order valence-corrected chi connectivity index (χ4v) is 3.63. The first-order valence-corrected chi connectivity index (χ1v) is 8.78. The molecule has 0 spiro atoms. The average molecular weight is 337 g/mol. The molecular formula is C16H23N3O3S. The fraction of sp³-hybridized carbons (Fsp3) is 0.438. The number of benzene rings is 1. The minimum Gasteiger partial charge on any atom is -0.497 e. The van der Waals surface area contributed by atoms with Crippen molar-refractivity contribution in [1.29, 1.82) is 0 Å². The Bertz CT molecular complexity index is 789. The van der Waals surface area contributed by atoms with E-state index in [1.54, 1.807) is 20.2 Å². The monoisotopic (exact) mass is 337 g/mol.